The van der Waals surface area contributed by atoms with Gasteiger partial charge in [-0.15, -0.1) is 0 Å². The Hall–Kier alpha value is -2.45. The number of hydrogen-bond acceptors (Lipinski definition) is 7. The van der Waals surface area contributed by atoms with E-state index in [1.807, 2.05) is 32.0 Å². The van der Waals surface area contributed by atoms with Crippen LogP contribution in [0.15, 0.2) is 27.2 Å². The number of benzene rings is 1. The third-order valence-corrected chi connectivity index (χ3v) is 10.5. The summed E-state index contributed by atoms with van der Waals surface area (Å²) in [5.74, 6) is 2.91. The van der Waals surface area contributed by atoms with Crippen LogP contribution in [-0.4, -0.2) is 30.2 Å². The van der Waals surface area contributed by atoms with Gasteiger partial charge in [0.15, 0.2) is 8.32 Å². The smallest absolute Gasteiger partial charge is 0.223 e. The highest BCUT2D eigenvalue weighted by Gasteiger charge is 2.37. The minimum atomic E-state index is -1.80. The molecule has 2 aromatic heterocycles. The number of aromatic nitrogens is 3. The van der Waals surface area contributed by atoms with Gasteiger partial charge in [0, 0.05) is 25.0 Å². The maximum absolute atomic E-state index is 6.22. The summed E-state index contributed by atoms with van der Waals surface area (Å²) in [7, 11) is -1.80. The number of ether oxygens (including phenoxy) is 1. The average Bonchev–Trinajstić information content (AvgIpc) is 3.33. The highest BCUT2D eigenvalue weighted by molar-refractivity contribution is 6.74. The molecule has 174 valence electrons. The van der Waals surface area contributed by atoms with Gasteiger partial charge >= 0.3 is 0 Å². The molecule has 0 spiro atoms. The molecule has 0 saturated heterocycles. The molecule has 0 aliphatic rings. The van der Waals surface area contributed by atoms with Crippen molar-refractivity contribution in [2.24, 2.45) is 0 Å². The van der Waals surface area contributed by atoms with Crippen molar-refractivity contribution in [3.63, 3.8) is 0 Å². The Morgan fingerprint density at radius 2 is 1.66 bits per heavy atom. The first kappa shape index (κ1) is 24.2. The highest BCUT2D eigenvalue weighted by atomic mass is 28.4. The van der Waals surface area contributed by atoms with Gasteiger partial charge in [0.1, 0.15) is 17.2 Å². The first-order chi connectivity index (χ1) is 15.0. The van der Waals surface area contributed by atoms with E-state index >= 15 is 0 Å². The zero-order chi connectivity index (χ0) is 23.5. The molecule has 2 heterocycles. The molecule has 0 N–H and O–H groups in total. The zero-order valence-corrected chi connectivity index (χ0v) is 21.5. The maximum atomic E-state index is 6.22. The van der Waals surface area contributed by atoms with Crippen molar-refractivity contribution in [1.82, 2.24) is 15.3 Å². The number of aryl methyl sites for hydroxylation is 4. The minimum absolute atomic E-state index is 0.176. The number of hydrogen-bond donors (Lipinski definition) is 0. The second-order valence-corrected chi connectivity index (χ2v) is 14.7. The molecule has 3 rings (SSSR count). The second kappa shape index (κ2) is 9.58. The molecule has 0 unspecified atom stereocenters. The van der Waals surface area contributed by atoms with E-state index in [4.69, 9.17) is 18.2 Å². The van der Waals surface area contributed by atoms with Gasteiger partial charge in [-0.2, -0.15) is 4.98 Å². The molecule has 0 atom stereocenters. The molecule has 0 radical (unpaired) electrons. The van der Waals surface area contributed by atoms with Crippen molar-refractivity contribution >= 4 is 8.32 Å². The van der Waals surface area contributed by atoms with Crippen LogP contribution in [0.4, 0.5) is 0 Å². The van der Waals surface area contributed by atoms with Gasteiger partial charge in [-0.05, 0) is 61.7 Å². The fraction of sp³-hybridized carbons (Fsp3) is 0.542. The summed E-state index contributed by atoms with van der Waals surface area (Å²) in [6.07, 6.45) is 1.60. The van der Waals surface area contributed by atoms with Crippen molar-refractivity contribution in [1.29, 1.82) is 0 Å². The van der Waals surface area contributed by atoms with Crippen LogP contribution in [0.5, 0.6) is 5.75 Å². The summed E-state index contributed by atoms with van der Waals surface area (Å²) in [5, 5.41) is 8.34. The molecule has 0 bridgehead atoms. The minimum Gasteiger partial charge on any atom is -0.493 e. The Kier molecular flexibility index (Phi) is 7.24. The lowest BCUT2D eigenvalue weighted by atomic mass is 10.1. The summed E-state index contributed by atoms with van der Waals surface area (Å²) in [5.41, 5.74) is 3.88. The lowest BCUT2D eigenvalue weighted by Crippen LogP contribution is -2.40. The molecule has 32 heavy (non-hydrogen) atoms. The molecule has 7 nitrogen and oxygen atoms in total. The standard InChI is InChI=1S/C24H35N3O4Si/c1-16-12-19(23-25-18(3)30-27-23)13-17(2)22(16)28-11-9-10-21-14-20(26-31-21)15-29-32(7,8)24(4,5)6/h12-14H,9-11,15H2,1-8H3. The van der Waals surface area contributed by atoms with Crippen molar-refractivity contribution in [2.45, 2.75) is 79.1 Å². The van der Waals surface area contributed by atoms with Crippen molar-refractivity contribution < 1.29 is 18.2 Å². The summed E-state index contributed by atoms with van der Waals surface area (Å²) < 4.78 is 22.9. The van der Waals surface area contributed by atoms with Gasteiger partial charge in [0.2, 0.25) is 11.7 Å². The summed E-state index contributed by atoms with van der Waals surface area (Å²) >= 11 is 0. The van der Waals surface area contributed by atoms with E-state index in [-0.39, 0.29) is 5.04 Å². The van der Waals surface area contributed by atoms with Gasteiger partial charge in [0.25, 0.3) is 0 Å². The highest BCUT2D eigenvalue weighted by Crippen LogP contribution is 2.37. The third kappa shape index (κ3) is 5.86. The van der Waals surface area contributed by atoms with E-state index in [2.05, 4.69) is 49.2 Å². The topological polar surface area (TPSA) is 83.4 Å². The zero-order valence-electron chi connectivity index (χ0n) is 20.5. The van der Waals surface area contributed by atoms with Crippen LogP contribution in [-0.2, 0) is 17.5 Å². The van der Waals surface area contributed by atoms with Crippen LogP contribution in [0.3, 0.4) is 0 Å². The number of rotatable bonds is 9. The van der Waals surface area contributed by atoms with Crippen molar-refractivity contribution in [3.05, 3.63) is 46.7 Å². The quantitative estimate of drug-likeness (QED) is 0.280. The van der Waals surface area contributed by atoms with Crippen LogP contribution >= 0.6 is 0 Å². The number of nitrogens with zero attached hydrogens (tertiary/aromatic N) is 3. The Morgan fingerprint density at radius 1 is 0.969 bits per heavy atom. The van der Waals surface area contributed by atoms with Crippen LogP contribution in [0.2, 0.25) is 18.1 Å². The fourth-order valence-electron chi connectivity index (χ4n) is 3.16. The van der Waals surface area contributed by atoms with Crippen molar-refractivity contribution in [2.75, 3.05) is 6.61 Å². The SMILES string of the molecule is Cc1nc(-c2cc(C)c(OCCCc3cc(CO[Si](C)(C)C(C)(C)C)no3)c(C)c2)no1. The van der Waals surface area contributed by atoms with Gasteiger partial charge in [-0.25, -0.2) is 0 Å². The molecule has 3 aromatic rings. The van der Waals surface area contributed by atoms with Crippen LogP contribution in [0, 0.1) is 20.8 Å². The second-order valence-electron chi connectivity index (χ2n) is 9.86. The van der Waals surface area contributed by atoms with Crippen LogP contribution in [0.1, 0.15) is 55.7 Å². The largest absolute Gasteiger partial charge is 0.493 e. The maximum Gasteiger partial charge on any atom is 0.223 e. The van der Waals surface area contributed by atoms with Crippen molar-refractivity contribution in [3.8, 4) is 17.1 Å². The van der Waals surface area contributed by atoms with Gasteiger partial charge in [-0.1, -0.05) is 31.1 Å². The molecule has 1 aromatic carbocycles. The monoisotopic (exact) mass is 457 g/mol. The predicted octanol–water partition coefficient (Wildman–Crippen LogP) is 6.18. The molecule has 0 amide bonds. The average molecular weight is 458 g/mol. The Morgan fingerprint density at radius 3 is 2.25 bits per heavy atom. The van der Waals surface area contributed by atoms with E-state index in [0.717, 1.165) is 46.7 Å². The predicted molar refractivity (Wildman–Crippen MR) is 126 cm³/mol. The van der Waals surface area contributed by atoms with E-state index in [1.165, 1.54) is 0 Å². The lowest BCUT2D eigenvalue weighted by Gasteiger charge is -2.35. The first-order valence-electron chi connectivity index (χ1n) is 11.1. The van der Waals surface area contributed by atoms with Gasteiger partial charge in [-0.3, -0.25) is 0 Å². The van der Waals surface area contributed by atoms with Gasteiger partial charge in [0.05, 0.1) is 13.2 Å². The summed E-state index contributed by atoms with van der Waals surface area (Å²) in [6, 6.07) is 6.04. The molecular formula is C24H35N3O4Si. The lowest BCUT2D eigenvalue weighted by molar-refractivity contribution is 0.261. The van der Waals surface area contributed by atoms with E-state index in [9.17, 15) is 0 Å². The van der Waals surface area contributed by atoms with E-state index in [0.29, 0.717) is 24.9 Å². The summed E-state index contributed by atoms with van der Waals surface area (Å²) in [6.45, 7) is 18.1. The molecule has 0 saturated carbocycles. The molecule has 8 heteroatoms. The molecule has 0 fully saturated rings. The van der Waals surface area contributed by atoms with Crippen LogP contribution < -0.4 is 4.74 Å². The fourth-order valence-corrected chi connectivity index (χ4v) is 4.10. The summed E-state index contributed by atoms with van der Waals surface area (Å²) in [4.78, 5) is 4.30. The Balaban J connectivity index is 1.50. The molecule has 0 aliphatic carbocycles. The molecular weight excluding hydrogens is 422 g/mol. The van der Waals surface area contributed by atoms with Crippen LogP contribution in [0.25, 0.3) is 11.4 Å². The Labute approximate surface area is 191 Å². The van der Waals surface area contributed by atoms with E-state index < -0.39 is 8.32 Å². The molecule has 0 aliphatic heterocycles. The van der Waals surface area contributed by atoms with E-state index in [1.54, 1.807) is 6.92 Å². The normalized spacial score (nSPS) is 12.4. The van der Waals surface area contributed by atoms with Gasteiger partial charge < -0.3 is 18.2 Å². The third-order valence-electron chi connectivity index (χ3n) is 6.05. The Bertz CT molecular complexity index is 1030. The first-order valence-corrected chi connectivity index (χ1v) is 14.0.